The Bertz CT molecular complexity index is 1370. The summed E-state index contributed by atoms with van der Waals surface area (Å²) in [6, 6.07) is -0.808. The van der Waals surface area contributed by atoms with Crippen molar-refractivity contribution in [1.82, 2.24) is 9.80 Å². The number of aliphatic hydroxyl groups is 5. The fourth-order valence-corrected chi connectivity index (χ4v) is 8.74. The van der Waals surface area contributed by atoms with Crippen LogP contribution in [0.15, 0.2) is 0 Å². The number of esters is 1. The smallest absolute Gasteiger partial charge is 0.330 e. The predicted octanol–water partition coefficient (Wildman–Crippen LogP) is 0.649. The van der Waals surface area contributed by atoms with Crippen molar-refractivity contribution < 1.29 is 71.7 Å². The topological polar surface area (TPSA) is 260 Å². The van der Waals surface area contributed by atoms with Crippen molar-refractivity contribution >= 4 is 16.3 Å². The molecule has 0 unspecified atom stereocenters. The summed E-state index contributed by atoms with van der Waals surface area (Å²) in [5, 5.41) is 62.0. The standard InChI is InChI=1S/C38H72N2O12.H3NO3S/c1-15-27-38(10,46)31(42)24(6)40(13)19-20(2)17-36(8,45)33(52-35-29(41)26(39(11)12)16-21(3)48-35)22(4)30(23(5)34(44)50-27)51-28-18-37(9,47-14)32(43)25(7)49-28;1-5(2,3)4/h20-33,35,41-43,45-46H,15-19H2,1-14H3;(H3,1,2,3,4)/t20-,21-,22+,23-,24-,25+,26+,27-,28+,29-,30+,31-,32+,33-,35+,36-,37-,38-;/m1./s1. The maximum atomic E-state index is 14.2. The molecule has 3 rings (SSSR count). The van der Waals surface area contributed by atoms with E-state index >= 15 is 0 Å². The number of ether oxygens (including phenoxy) is 6. The van der Waals surface area contributed by atoms with Gasteiger partial charge in [-0.25, -0.2) is 5.14 Å². The number of likely N-dealkylation sites (N-methyl/N-ethyl adjacent to an activating group) is 2. The van der Waals surface area contributed by atoms with E-state index in [9.17, 15) is 30.3 Å². The van der Waals surface area contributed by atoms with Gasteiger partial charge in [-0.1, -0.05) is 20.8 Å². The van der Waals surface area contributed by atoms with Crippen LogP contribution in [0, 0.1) is 17.8 Å². The Morgan fingerprint density at radius 3 is 2.04 bits per heavy atom. The average molecular weight is 846 g/mol. The normalized spacial score (nSPS) is 46.3. The first-order chi connectivity index (χ1) is 25.9. The molecule has 3 saturated heterocycles. The van der Waals surface area contributed by atoms with E-state index in [2.05, 4.69) is 5.14 Å². The second kappa shape index (κ2) is 20.6. The van der Waals surface area contributed by atoms with Gasteiger partial charge in [0, 0.05) is 38.1 Å². The van der Waals surface area contributed by atoms with E-state index in [0.717, 1.165) is 0 Å². The molecule has 18 nitrogen and oxygen atoms in total. The Kier molecular flexibility index (Phi) is 18.8. The van der Waals surface area contributed by atoms with E-state index in [0.29, 0.717) is 13.0 Å². The molecular formula is C38H75N3O15S. The molecule has 338 valence electrons. The lowest BCUT2D eigenvalue weighted by Gasteiger charge is -2.48. The Labute approximate surface area is 340 Å². The van der Waals surface area contributed by atoms with Gasteiger partial charge in [-0.2, -0.15) is 8.42 Å². The highest BCUT2D eigenvalue weighted by Crippen LogP contribution is 2.40. The summed E-state index contributed by atoms with van der Waals surface area (Å²) in [6.07, 6.45) is -8.19. The highest BCUT2D eigenvalue weighted by Gasteiger charge is 2.52. The second-order valence-electron chi connectivity index (χ2n) is 17.7. The SMILES string of the molecule is CC[C@H]1OC(=O)[C@H](C)[C@@H](O[C@H]2C[C@@](C)(OC)[C@@H](O)[C@H](C)O2)[C@H](C)[C@@H](O[C@@H]2O[C@H](C)C[C@H](N(C)C)[C@H]2O)[C@](C)(O)C[C@@H](C)CN(C)[C@H](C)[C@@H](O)[C@]1(C)O.NS(=O)(=O)O. The zero-order valence-corrected chi connectivity index (χ0v) is 37.2. The third-order valence-electron chi connectivity index (χ3n) is 12.2. The van der Waals surface area contributed by atoms with E-state index in [1.807, 2.05) is 51.7 Å². The molecule has 18 atom stereocenters. The predicted molar refractivity (Wildman–Crippen MR) is 210 cm³/mol. The molecular weight excluding hydrogens is 770 g/mol. The van der Waals surface area contributed by atoms with Gasteiger partial charge in [0.05, 0.1) is 41.5 Å². The van der Waals surface area contributed by atoms with Crippen LogP contribution in [0.1, 0.15) is 94.9 Å². The van der Waals surface area contributed by atoms with Crippen LogP contribution in [0.3, 0.4) is 0 Å². The molecule has 19 heteroatoms. The molecule has 0 amide bonds. The Morgan fingerprint density at radius 2 is 1.53 bits per heavy atom. The summed E-state index contributed by atoms with van der Waals surface area (Å²) in [6.45, 7) is 18.0. The van der Waals surface area contributed by atoms with Crippen LogP contribution in [0.25, 0.3) is 0 Å². The first kappa shape index (κ1) is 52.0. The highest BCUT2D eigenvalue weighted by molar-refractivity contribution is 7.83. The number of hydrogen-bond donors (Lipinski definition) is 7. The van der Waals surface area contributed by atoms with E-state index in [1.165, 1.54) is 14.0 Å². The van der Waals surface area contributed by atoms with Crippen molar-refractivity contribution in [3.63, 3.8) is 0 Å². The zero-order chi connectivity index (χ0) is 44.2. The van der Waals surface area contributed by atoms with Crippen LogP contribution in [0.4, 0.5) is 0 Å². The molecule has 0 aromatic rings. The molecule has 0 saturated carbocycles. The molecule has 3 aliphatic heterocycles. The van der Waals surface area contributed by atoms with Crippen LogP contribution in [0.2, 0.25) is 0 Å². The number of cyclic esters (lactones) is 1. The van der Waals surface area contributed by atoms with Crippen LogP contribution in [0.5, 0.6) is 0 Å². The van der Waals surface area contributed by atoms with Crippen molar-refractivity contribution in [2.45, 2.75) is 185 Å². The van der Waals surface area contributed by atoms with Crippen molar-refractivity contribution in [3.8, 4) is 0 Å². The minimum Gasteiger partial charge on any atom is -0.459 e. The molecule has 3 heterocycles. The first-order valence-electron chi connectivity index (χ1n) is 19.9. The number of nitrogens with zero attached hydrogens (tertiary/aromatic N) is 2. The number of methoxy groups -OCH3 is 1. The average Bonchev–Trinajstić information content (AvgIpc) is 3.08. The first-order valence-corrected chi connectivity index (χ1v) is 21.4. The van der Waals surface area contributed by atoms with Gasteiger partial charge in [-0.15, -0.1) is 0 Å². The maximum absolute atomic E-state index is 14.2. The number of nitrogens with two attached hydrogens (primary N) is 1. The fraction of sp³-hybridized carbons (Fsp3) is 0.974. The monoisotopic (exact) mass is 845 g/mol. The third kappa shape index (κ3) is 13.7. The van der Waals surface area contributed by atoms with Gasteiger partial charge in [0.1, 0.15) is 30.0 Å². The minimum atomic E-state index is -4.17. The largest absolute Gasteiger partial charge is 0.459 e. The van der Waals surface area contributed by atoms with Crippen LogP contribution in [-0.2, 0) is 43.5 Å². The molecule has 57 heavy (non-hydrogen) atoms. The van der Waals surface area contributed by atoms with Gasteiger partial charge in [0.25, 0.3) is 0 Å². The molecule has 0 bridgehead atoms. The Balaban J connectivity index is 0.00000210. The summed E-state index contributed by atoms with van der Waals surface area (Å²) in [5.41, 5.74) is -4.37. The Morgan fingerprint density at radius 1 is 0.965 bits per heavy atom. The fourth-order valence-electron chi connectivity index (χ4n) is 8.74. The van der Waals surface area contributed by atoms with Crippen molar-refractivity contribution in [2.24, 2.45) is 22.9 Å². The van der Waals surface area contributed by atoms with E-state index in [1.54, 1.807) is 41.5 Å². The summed E-state index contributed by atoms with van der Waals surface area (Å²) in [5.74, 6) is -2.58. The van der Waals surface area contributed by atoms with Crippen molar-refractivity contribution in [3.05, 3.63) is 0 Å². The van der Waals surface area contributed by atoms with E-state index in [4.69, 9.17) is 41.4 Å². The summed E-state index contributed by atoms with van der Waals surface area (Å²) in [4.78, 5) is 18.0. The van der Waals surface area contributed by atoms with Gasteiger partial charge in [-0.3, -0.25) is 9.35 Å². The molecule has 0 spiro atoms. The van der Waals surface area contributed by atoms with Crippen LogP contribution < -0.4 is 5.14 Å². The van der Waals surface area contributed by atoms with Gasteiger partial charge >= 0.3 is 16.3 Å². The number of aliphatic hydroxyl groups excluding tert-OH is 3. The summed E-state index contributed by atoms with van der Waals surface area (Å²) >= 11 is 0. The van der Waals surface area contributed by atoms with Crippen molar-refractivity contribution in [1.29, 1.82) is 0 Å². The number of carbonyl (C=O) groups excluding carboxylic acids is 1. The van der Waals surface area contributed by atoms with Crippen LogP contribution in [-0.4, -0.2) is 179 Å². The summed E-state index contributed by atoms with van der Waals surface area (Å²) < 4.78 is 62.7. The third-order valence-corrected chi connectivity index (χ3v) is 12.2. The Hall–Kier alpha value is -1.14. The van der Waals surface area contributed by atoms with Crippen molar-refractivity contribution in [2.75, 3.05) is 34.8 Å². The lowest BCUT2D eigenvalue weighted by atomic mass is 9.77. The van der Waals surface area contributed by atoms with E-state index < -0.39 is 106 Å². The lowest BCUT2D eigenvalue weighted by Crippen LogP contribution is -2.60. The molecule has 0 aliphatic carbocycles. The number of carbonyl (C=O) groups is 1. The van der Waals surface area contributed by atoms with E-state index in [-0.39, 0.29) is 37.3 Å². The minimum absolute atomic E-state index is 0.133. The quantitative estimate of drug-likeness (QED) is 0.137. The highest BCUT2D eigenvalue weighted by atomic mass is 32.2. The molecule has 8 N–H and O–H groups in total. The van der Waals surface area contributed by atoms with Gasteiger partial charge in [-0.05, 0) is 94.8 Å². The number of rotatable bonds is 7. The van der Waals surface area contributed by atoms with Gasteiger partial charge in [0.15, 0.2) is 12.6 Å². The van der Waals surface area contributed by atoms with Crippen LogP contribution >= 0.6 is 0 Å². The van der Waals surface area contributed by atoms with Gasteiger partial charge < -0.3 is 63.8 Å². The molecule has 0 aromatic carbocycles. The molecule has 0 aromatic heterocycles. The lowest BCUT2D eigenvalue weighted by molar-refractivity contribution is -0.318. The summed E-state index contributed by atoms with van der Waals surface area (Å²) in [7, 11) is 2.95. The second-order valence-corrected chi connectivity index (χ2v) is 18.7. The van der Waals surface area contributed by atoms with Gasteiger partial charge in [0.2, 0.25) is 0 Å². The number of hydrogen-bond acceptors (Lipinski definition) is 16. The maximum Gasteiger partial charge on any atom is 0.330 e. The zero-order valence-electron chi connectivity index (χ0n) is 36.4. The molecule has 3 fully saturated rings. The molecule has 3 aliphatic rings. The molecule has 0 radical (unpaired) electrons.